The Kier molecular flexibility index (Phi) is 6.54. The van der Waals surface area contributed by atoms with E-state index in [4.69, 9.17) is 5.11 Å². The van der Waals surface area contributed by atoms with Crippen molar-refractivity contribution in [1.82, 2.24) is 9.80 Å². The van der Waals surface area contributed by atoms with Crippen molar-refractivity contribution in [1.29, 1.82) is 0 Å². The fraction of sp³-hybridized carbons (Fsp3) is 0.429. The molecule has 0 spiro atoms. The second-order valence-electron chi connectivity index (χ2n) is 4.65. The first kappa shape index (κ1) is 16.5. The number of nitrogens with zero attached hydrogens (tertiary/aromatic N) is 2. The van der Waals surface area contributed by atoms with E-state index in [1.165, 1.54) is 4.90 Å². The van der Waals surface area contributed by atoms with Crippen LogP contribution in [-0.2, 0) is 4.79 Å². The third kappa shape index (κ3) is 5.22. The van der Waals surface area contributed by atoms with Crippen LogP contribution in [0.4, 0.5) is 0 Å². The number of hydrogen-bond donors (Lipinski definition) is 1. The van der Waals surface area contributed by atoms with Crippen molar-refractivity contribution in [3.8, 4) is 0 Å². The number of carboxylic acids is 1. The van der Waals surface area contributed by atoms with E-state index in [9.17, 15) is 9.59 Å². The number of carboxylic acid groups (broad SMARTS) is 1. The molecule has 0 aliphatic heterocycles. The quantitative estimate of drug-likeness (QED) is 0.773. The topological polar surface area (TPSA) is 60.9 Å². The van der Waals surface area contributed by atoms with Gasteiger partial charge >= 0.3 is 5.97 Å². The monoisotopic (exact) mass is 296 g/mol. The minimum Gasteiger partial charge on any atom is -0.480 e. The lowest BCUT2D eigenvalue weighted by Gasteiger charge is -2.22. The number of carbonyl (C=O) groups excluding carboxylic acids is 1. The summed E-state index contributed by atoms with van der Waals surface area (Å²) in [4.78, 5) is 27.6. The highest BCUT2D eigenvalue weighted by atomic mass is 32.2. The lowest BCUT2D eigenvalue weighted by atomic mass is 10.2. The summed E-state index contributed by atoms with van der Waals surface area (Å²) < 4.78 is 0. The van der Waals surface area contributed by atoms with Crippen LogP contribution in [0.3, 0.4) is 0 Å². The molecule has 1 N–H and O–H groups in total. The molecule has 1 aromatic rings. The van der Waals surface area contributed by atoms with Crippen molar-refractivity contribution in [2.45, 2.75) is 4.90 Å². The molecule has 20 heavy (non-hydrogen) atoms. The molecule has 1 aromatic carbocycles. The summed E-state index contributed by atoms with van der Waals surface area (Å²) in [6, 6.07) is 7.20. The molecule has 6 heteroatoms. The first-order valence-electron chi connectivity index (χ1n) is 6.24. The predicted molar refractivity (Wildman–Crippen MR) is 80.3 cm³/mol. The van der Waals surface area contributed by atoms with E-state index >= 15 is 0 Å². The van der Waals surface area contributed by atoms with Crippen molar-refractivity contribution < 1.29 is 14.7 Å². The van der Waals surface area contributed by atoms with Gasteiger partial charge in [-0.2, -0.15) is 0 Å². The smallest absolute Gasteiger partial charge is 0.323 e. The van der Waals surface area contributed by atoms with E-state index in [0.29, 0.717) is 18.7 Å². The maximum absolute atomic E-state index is 12.3. The van der Waals surface area contributed by atoms with Gasteiger partial charge in [0.15, 0.2) is 0 Å². The number of thioether (sulfide) groups is 1. The van der Waals surface area contributed by atoms with E-state index in [0.717, 1.165) is 4.90 Å². The SMILES string of the molecule is CSc1ccc(C(=O)N(CCN(C)C)CC(=O)O)cc1. The second-order valence-corrected chi connectivity index (χ2v) is 5.53. The van der Waals surface area contributed by atoms with Gasteiger partial charge in [-0.1, -0.05) is 0 Å². The zero-order chi connectivity index (χ0) is 15.1. The summed E-state index contributed by atoms with van der Waals surface area (Å²) >= 11 is 1.60. The van der Waals surface area contributed by atoms with Gasteiger partial charge in [0.05, 0.1) is 0 Å². The first-order valence-corrected chi connectivity index (χ1v) is 7.46. The molecule has 0 aromatic heterocycles. The third-order valence-electron chi connectivity index (χ3n) is 2.77. The van der Waals surface area contributed by atoms with Crippen molar-refractivity contribution in [3.63, 3.8) is 0 Å². The summed E-state index contributed by atoms with van der Waals surface area (Å²) in [6.07, 6.45) is 1.96. The Labute approximate surface area is 123 Å². The normalized spacial score (nSPS) is 10.6. The van der Waals surface area contributed by atoms with Gasteiger partial charge in [-0.15, -0.1) is 11.8 Å². The molecular formula is C14H20N2O3S. The summed E-state index contributed by atoms with van der Waals surface area (Å²) in [7, 11) is 3.77. The van der Waals surface area contributed by atoms with Crippen molar-refractivity contribution >= 4 is 23.6 Å². The highest BCUT2D eigenvalue weighted by molar-refractivity contribution is 7.98. The summed E-state index contributed by atoms with van der Waals surface area (Å²) in [5.74, 6) is -1.25. The highest BCUT2D eigenvalue weighted by Crippen LogP contribution is 2.15. The van der Waals surface area contributed by atoms with Crippen LogP contribution >= 0.6 is 11.8 Å². The van der Waals surface area contributed by atoms with E-state index in [-0.39, 0.29) is 12.5 Å². The molecule has 0 aliphatic rings. The van der Waals surface area contributed by atoms with Crippen molar-refractivity contribution in [2.75, 3.05) is 40.0 Å². The number of benzene rings is 1. The minimum atomic E-state index is -1.00. The molecule has 0 unspecified atom stereocenters. The number of likely N-dealkylation sites (N-methyl/N-ethyl adjacent to an activating group) is 1. The van der Waals surface area contributed by atoms with Crippen LogP contribution in [-0.4, -0.2) is 66.8 Å². The van der Waals surface area contributed by atoms with Crippen LogP contribution < -0.4 is 0 Å². The van der Waals surface area contributed by atoms with Crippen molar-refractivity contribution in [2.24, 2.45) is 0 Å². The molecule has 0 atom stereocenters. The van der Waals surface area contributed by atoms with E-state index < -0.39 is 5.97 Å². The van der Waals surface area contributed by atoms with Gasteiger partial charge in [-0.05, 0) is 44.6 Å². The summed E-state index contributed by atoms with van der Waals surface area (Å²) in [6.45, 7) is 0.737. The Bertz CT molecular complexity index is 460. The standard InChI is InChI=1S/C14H20N2O3S/c1-15(2)8-9-16(10-13(17)18)14(19)11-4-6-12(20-3)7-5-11/h4-7H,8-10H2,1-3H3,(H,17,18). The van der Waals surface area contributed by atoms with Gasteiger partial charge in [0, 0.05) is 23.5 Å². The van der Waals surface area contributed by atoms with Crippen LogP contribution in [0.1, 0.15) is 10.4 Å². The Morgan fingerprint density at radius 1 is 1.15 bits per heavy atom. The molecule has 1 rings (SSSR count). The van der Waals surface area contributed by atoms with E-state index in [1.807, 2.05) is 37.4 Å². The van der Waals surface area contributed by atoms with Gasteiger partial charge < -0.3 is 14.9 Å². The van der Waals surface area contributed by atoms with Gasteiger partial charge in [0.25, 0.3) is 5.91 Å². The Morgan fingerprint density at radius 2 is 1.75 bits per heavy atom. The third-order valence-corrected chi connectivity index (χ3v) is 3.51. The molecule has 0 radical (unpaired) electrons. The molecule has 0 fully saturated rings. The zero-order valence-corrected chi connectivity index (χ0v) is 12.8. The van der Waals surface area contributed by atoms with Crippen molar-refractivity contribution in [3.05, 3.63) is 29.8 Å². The number of amides is 1. The Morgan fingerprint density at radius 3 is 2.20 bits per heavy atom. The van der Waals surface area contributed by atoms with Crippen LogP contribution in [0, 0.1) is 0 Å². The molecule has 1 amide bonds. The molecule has 0 heterocycles. The molecule has 0 saturated carbocycles. The Balaban J connectivity index is 2.81. The lowest BCUT2D eigenvalue weighted by molar-refractivity contribution is -0.137. The largest absolute Gasteiger partial charge is 0.480 e. The number of hydrogen-bond acceptors (Lipinski definition) is 4. The second kappa shape index (κ2) is 7.91. The van der Waals surface area contributed by atoms with Crippen LogP contribution in [0.25, 0.3) is 0 Å². The average Bonchev–Trinajstić information content (AvgIpc) is 2.42. The van der Waals surface area contributed by atoms with Gasteiger partial charge in [-0.3, -0.25) is 9.59 Å². The predicted octanol–water partition coefficient (Wildman–Crippen LogP) is 1.50. The fourth-order valence-corrected chi connectivity index (χ4v) is 2.06. The van der Waals surface area contributed by atoms with Gasteiger partial charge in [0.1, 0.15) is 6.54 Å². The van der Waals surface area contributed by atoms with Gasteiger partial charge in [0.2, 0.25) is 0 Å². The average molecular weight is 296 g/mol. The number of aliphatic carboxylic acids is 1. The molecule has 5 nitrogen and oxygen atoms in total. The molecular weight excluding hydrogens is 276 g/mol. The molecule has 0 saturated heterocycles. The lowest BCUT2D eigenvalue weighted by Crippen LogP contribution is -2.40. The maximum Gasteiger partial charge on any atom is 0.323 e. The van der Waals surface area contributed by atoms with E-state index in [2.05, 4.69) is 0 Å². The summed E-state index contributed by atoms with van der Waals surface area (Å²) in [5, 5.41) is 8.92. The number of rotatable bonds is 7. The molecule has 0 aliphatic carbocycles. The Hall–Kier alpha value is -1.53. The van der Waals surface area contributed by atoms with Gasteiger partial charge in [-0.25, -0.2) is 0 Å². The zero-order valence-electron chi connectivity index (χ0n) is 12.0. The maximum atomic E-state index is 12.3. The minimum absolute atomic E-state index is 0.248. The molecule has 110 valence electrons. The first-order chi connectivity index (χ1) is 9.43. The fourth-order valence-electron chi connectivity index (χ4n) is 1.65. The van der Waals surface area contributed by atoms with E-state index in [1.54, 1.807) is 23.9 Å². The summed E-state index contributed by atoms with van der Waals surface area (Å²) in [5.41, 5.74) is 0.516. The van der Waals surface area contributed by atoms with Crippen LogP contribution in [0.5, 0.6) is 0 Å². The van der Waals surface area contributed by atoms with Crippen LogP contribution in [0.2, 0.25) is 0 Å². The number of carbonyl (C=O) groups is 2. The highest BCUT2D eigenvalue weighted by Gasteiger charge is 2.18. The van der Waals surface area contributed by atoms with Crippen LogP contribution in [0.15, 0.2) is 29.2 Å². The molecule has 0 bridgehead atoms.